The number of nitrogens with one attached hydrogen (secondary N) is 2. The van der Waals surface area contributed by atoms with Gasteiger partial charge in [-0.05, 0) is 86.0 Å². The van der Waals surface area contributed by atoms with Crippen molar-refractivity contribution in [3.05, 3.63) is 122 Å². The predicted molar refractivity (Wildman–Crippen MR) is 163 cm³/mol. The number of benzene rings is 2. The first kappa shape index (κ1) is 26.8. The zero-order valence-electron chi connectivity index (χ0n) is 21.8. The smallest absolute Gasteiger partial charge is 0.253 e. The van der Waals surface area contributed by atoms with Crippen molar-refractivity contribution in [2.75, 3.05) is 0 Å². The van der Waals surface area contributed by atoms with Crippen LogP contribution >= 0.6 is 31.9 Å². The topological polar surface area (TPSA) is 86.8 Å². The van der Waals surface area contributed by atoms with Crippen LogP contribution in [0.15, 0.2) is 88.2 Å². The molecule has 0 saturated heterocycles. The summed E-state index contributed by atoms with van der Waals surface area (Å²) in [6.45, 7) is 1.84. The Morgan fingerprint density at radius 1 is 1.00 bits per heavy atom. The summed E-state index contributed by atoms with van der Waals surface area (Å²) in [6, 6.07) is 21.0. The number of aromatic nitrogens is 4. The maximum Gasteiger partial charge on any atom is 0.253 e. The highest BCUT2D eigenvalue weighted by molar-refractivity contribution is 9.11. The maximum atomic E-state index is 12.9. The number of hydrogen-bond acceptors (Lipinski definition) is 5. The van der Waals surface area contributed by atoms with Gasteiger partial charge in [0, 0.05) is 40.6 Å². The molecular formula is C31H28Br2N6O. The number of aryl methyl sites for hydroxylation is 1. The number of imidazole rings is 1. The van der Waals surface area contributed by atoms with Gasteiger partial charge in [-0.15, -0.1) is 0 Å². The zero-order valence-corrected chi connectivity index (χ0v) is 25.0. The Labute approximate surface area is 249 Å². The van der Waals surface area contributed by atoms with E-state index in [-0.39, 0.29) is 11.9 Å². The molecule has 1 unspecified atom stereocenters. The quantitative estimate of drug-likeness (QED) is 0.190. The van der Waals surface area contributed by atoms with Crippen molar-refractivity contribution in [3.63, 3.8) is 0 Å². The van der Waals surface area contributed by atoms with E-state index in [0.29, 0.717) is 27.6 Å². The number of pyridine rings is 2. The Balaban J connectivity index is 1.24. The van der Waals surface area contributed by atoms with Gasteiger partial charge >= 0.3 is 0 Å². The molecule has 0 bridgehead atoms. The second-order valence-electron chi connectivity index (χ2n) is 10.0. The van der Waals surface area contributed by atoms with E-state index < -0.39 is 0 Å². The summed E-state index contributed by atoms with van der Waals surface area (Å²) in [6.07, 6.45) is 8.39. The summed E-state index contributed by atoms with van der Waals surface area (Å²) >= 11 is 6.86. The van der Waals surface area contributed by atoms with Crippen LogP contribution in [0.2, 0.25) is 0 Å². The normalized spacial score (nSPS) is 14.8. The van der Waals surface area contributed by atoms with Crippen molar-refractivity contribution < 1.29 is 4.79 Å². The lowest BCUT2D eigenvalue weighted by Gasteiger charge is -2.34. The van der Waals surface area contributed by atoms with E-state index in [4.69, 9.17) is 9.97 Å². The molecule has 0 radical (unpaired) electrons. The number of halogens is 2. The molecule has 3 heterocycles. The number of H-pyrrole nitrogens is 1. The van der Waals surface area contributed by atoms with Crippen molar-refractivity contribution in [2.24, 2.45) is 0 Å². The molecule has 7 nitrogen and oxygen atoms in total. The number of amides is 1. The minimum absolute atomic E-state index is 0.164. The highest BCUT2D eigenvalue weighted by atomic mass is 79.9. The second kappa shape index (κ2) is 12.0. The van der Waals surface area contributed by atoms with E-state index in [1.54, 1.807) is 12.4 Å². The average molecular weight is 660 g/mol. The maximum absolute atomic E-state index is 12.9. The Kier molecular flexibility index (Phi) is 8.04. The molecule has 0 fully saturated rings. The van der Waals surface area contributed by atoms with Gasteiger partial charge in [0.05, 0.1) is 34.9 Å². The summed E-state index contributed by atoms with van der Waals surface area (Å²) in [5.74, 6) is 0.782. The Morgan fingerprint density at radius 2 is 1.82 bits per heavy atom. The SMILES string of the molecule is O=C(NCc1cccc(CN(Cc2nc3ccccc3[nH]2)C2CCCc3cccnc32)c1)c1c(Br)cncc1Br. The van der Waals surface area contributed by atoms with Gasteiger partial charge in [0.15, 0.2) is 0 Å². The minimum Gasteiger partial charge on any atom is -0.348 e. The fourth-order valence-corrected chi connectivity index (χ4v) is 6.75. The molecule has 1 atom stereocenters. The third kappa shape index (κ3) is 5.87. The molecule has 3 aromatic heterocycles. The zero-order chi connectivity index (χ0) is 27.5. The lowest BCUT2D eigenvalue weighted by Crippen LogP contribution is -2.32. The van der Waals surface area contributed by atoms with Crippen molar-refractivity contribution in [2.45, 2.75) is 44.9 Å². The first-order chi connectivity index (χ1) is 19.5. The van der Waals surface area contributed by atoms with E-state index in [1.165, 1.54) is 16.8 Å². The van der Waals surface area contributed by atoms with Crippen LogP contribution in [0.3, 0.4) is 0 Å². The fraction of sp³-hybridized carbons (Fsp3) is 0.226. The van der Waals surface area contributed by atoms with Crippen LogP contribution in [0.1, 0.15) is 57.5 Å². The third-order valence-electron chi connectivity index (χ3n) is 7.31. The van der Waals surface area contributed by atoms with Crippen LogP contribution in [-0.4, -0.2) is 30.7 Å². The van der Waals surface area contributed by atoms with Crippen LogP contribution in [0.4, 0.5) is 0 Å². The molecule has 40 heavy (non-hydrogen) atoms. The number of para-hydroxylation sites is 2. The average Bonchev–Trinajstić information content (AvgIpc) is 3.38. The van der Waals surface area contributed by atoms with Gasteiger partial charge in [-0.2, -0.15) is 0 Å². The number of nitrogens with zero attached hydrogens (tertiary/aromatic N) is 4. The number of hydrogen-bond donors (Lipinski definition) is 2. The molecule has 1 amide bonds. The second-order valence-corrected chi connectivity index (χ2v) is 11.8. The van der Waals surface area contributed by atoms with Crippen molar-refractivity contribution >= 4 is 48.8 Å². The summed E-state index contributed by atoms with van der Waals surface area (Å²) in [4.78, 5) is 32.7. The molecule has 0 spiro atoms. The van der Waals surface area contributed by atoms with Gasteiger partial charge in [-0.25, -0.2) is 4.98 Å². The highest BCUT2D eigenvalue weighted by Gasteiger charge is 2.28. The molecule has 0 aliphatic heterocycles. The number of aromatic amines is 1. The molecule has 0 saturated carbocycles. The van der Waals surface area contributed by atoms with Gasteiger partial charge in [0.1, 0.15) is 5.82 Å². The molecule has 2 N–H and O–H groups in total. The number of rotatable bonds is 8. The highest BCUT2D eigenvalue weighted by Crippen LogP contribution is 2.35. The van der Waals surface area contributed by atoms with Crippen LogP contribution < -0.4 is 5.32 Å². The molecule has 2 aromatic carbocycles. The number of fused-ring (bicyclic) bond motifs is 2. The molecule has 1 aliphatic rings. The lowest BCUT2D eigenvalue weighted by molar-refractivity contribution is 0.0949. The van der Waals surface area contributed by atoms with Crippen LogP contribution in [0.25, 0.3) is 11.0 Å². The summed E-state index contributed by atoms with van der Waals surface area (Å²) < 4.78 is 1.30. The minimum atomic E-state index is -0.164. The van der Waals surface area contributed by atoms with E-state index in [9.17, 15) is 4.79 Å². The molecule has 1 aliphatic carbocycles. The molecule has 202 valence electrons. The third-order valence-corrected chi connectivity index (χ3v) is 8.51. The molecule has 5 aromatic rings. The Hall–Kier alpha value is -3.40. The monoisotopic (exact) mass is 658 g/mol. The molecular weight excluding hydrogens is 632 g/mol. The van der Waals surface area contributed by atoms with Crippen molar-refractivity contribution in [1.29, 1.82) is 0 Å². The number of carbonyl (C=O) groups excluding carboxylic acids is 1. The molecule has 9 heteroatoms. The lowest BCUT2D eigenvalue weighted by atomic mass is 9.90. The van der Waals surface area contributed by atoms with E-state index in [2.05, 4.69) is 82.4 Å². The largest absolute Gasteiger partial charge is 0.348 e. The molecule has 6 rings (SSSR count). The number of carbonyl (C=O) groups is 1. The van der Waals surface area contributed by atoms with Crippen molar-refractivity contribution in [3.8, 4) is 0 Å². The van der Waals surface area contributed by atoms with Crippen LogP contribution in [0, 0.1) is 0 Å². The summed E-state index contributed by atoms with van der Waals surface area (Å²) in [5.41, 5.74) is 7.27. The summed E-state index contributed by atoms with van der Waals surface area (Å²) in [7, 11) is 0. The summed E-state index contributed by atoms with van der Waals surface area (Å²) in [5, 5.41) is 3.04. The van der Waals surface area contributed by atoms with E-state index in [0.717, 1.165) is 48.2 Å². The van der Waals surface area contributed by atoms with Gasteiger partial charge < -0.3 is 10.3 Å². The van der Waals surface area contributed by atoms with Gasteiger partial charge in [-0.1, -0.05) is 42.5 Å². The van der Waals surface area contributed by atoms with Crippen LogP contribution in [0.5, 0.6) is 0 Å². The van der Waals surface area contributed by atoms with Gasteiger partial charge in [-0.3, -0.25) is 19.7 Å². The first-order valence-corrected chi connectivity index (χ1v) is 14.9. The standard InChI is InChI=1S/C31H28Br2N6O/c32-23-16-34-17-24(33)29(23)31(40)36-15-20-6-3-7-21(14-20)18-39(19-28-37-25-10-1-2-11-26(25)38-28)27-12-4-8-22-9-5-13-35-30(22)27/h1-3,5-7,9-11,13-14,16-17,27H,4,8,12,15,18-19H2,(H,36,40)(H,37,38). The first-order valence-electron chi connectivity index (χ1n) is 13.3. The Morgan fingerprint density at radius 3 is 2.67 bits per heavy atom. The fourth-order valence-electron chi connectivity index (χ4n) is 5.46. The van der Waals surface area contributed by atoms with Crippen molar-refractivity contribution in [1.82, 2.24) is 30.2 Å². The van der Waals surface area contributed by atoms with E-state index >= 15 is 0 Å². The van der Waals surface area contributed by atoms with E-state index in [1.807, 2.05) is 36.5 Å². The van der Waals surface area contributed by atoms with Gasteiger partial charge in [0.2, 0.25) is 0 Å². The Bertz CT molecular complexity index is 1620. The van der Waals surface area contributed by atoms with Gasteiger partial charge in [0.25, 0.3) is 5.91 Å². The predicted octanol–water partition coefficient (Wildman–Crippen LogP) is 6.89. The van der Waals surface area contributed by atoms with Crippen LogP contribution in [-0.2, 0) is 26.1 Å².